The molecule has 2 nitrogen and oxygen atoms in total. The molecule has 3 aromatic rings. The van der Waals surface area contributed by atoms with Crippen LogP contribution in [0, 0.1) is 0 Å². The number of hydrogen-bond donors (Lipinski definition) is 0. The largest absolute Gasteiger partial charge is 0.375 e. The summed E-state index contributed by atoms with van der Waals surface area (Å²) in [6, 6.07) is 25.8. The zero-order valence-corrected chi connectivity index (χ0v) is 14.1. The molecule has 0 bridgehead atoms. The molecule has 124 valence electrons. The lowest BCUT2D eigenvalue weighted by atomic mass is 9.82. The molecule has 1 aliphatic carbocycles. The van der Waals surface area contributed by atoms with E-state index >= 15 is 0 Å². The van der Waals surface area contributed by atoms with E-state index in [-0.39, 0.29) is 0 Å². The van der Waals surface area contributed by atoms with Crippen molar-refractivity contribution >= 4 is 0 Å². The van der Waals surface area contributed by atoms with Crippen LogP contribution in [-0.4, -0.2) is 19.8 Å². The second kappa shape index (κ2) is 5.83. The highest BCUT2D eigenvalue weighted by Crippen LogP contribution is 2.45. The number of ether oxygens (including phenoxy) is 2. The number of benzene rings is 3. The molecular formula is C23H20O2. The molecule has 0 spiro atoms. The molecule has 5 rings (SSSR count). The maximum Gasteiger partial charge on any atom is 0.142 e. The van der Waals surface area contributed by atoms with E-state index in [2.05, 4.69) is 66.7 Å². The standard InChI is InChI=1S/C23H20O2/c1-2-8-18(9-3-1)23(16-24-13-14-25-23)22-12-6-11-20-19-10-5-4-7-17(19)15-21(20)22/h1-12H,13-16H2. The van der Waals surface area contributed by atoms with Gasteiger partial charge >= 0.3 is 0 Å². The molecule has 0 aromatic heterocycles. The second-order valence-corrected chi connectivity index (χ2v) is 6.76. The van der Waals surface area contributed by atoms with Crippen LogP contribution in [-0.2, 0) is 21.5 Å². The van der Waals surface area contributed by atoms with Crippen molar-refractivity contribution in [3.8, 4) is 11.1 Å². The Morgan fingerprint density at radius 1 is 0.720 bits per heavy atom. The van der Waals surface area contributed by atoms with Crippen molar-refractivity contribution < 1.29 is 9.47 Å². The maximum absolute atomic E-state index is 6.44. The van der Waals surface area contributed by atoms with Crippen molar-refractivity contribution in [2.45, 2.75) is 12.0 Å². The first-order chi connectivity index (χ1) is 12.4. The van der Waals surface area contributed by atoms with Crippen molar-refractivity contribution in [3.63, 3.8) is 0 Å². The summed E-state index contributed by atoms with van der Waals surface area (Å²) >= 11 is 0. The fourth-order valence-corrected chi connectivity index (χ4v) is 4.25. The predicted octanol–water partition coefficient (Wildman–Crippen LogP) is 4.55. The predicted molar refractivity (Wildman–Crippen MR) is 98.7 cm³/mol. The summed E-state index contributed by atoms with van der Waals surface area (Å²) in [6.07, 6.45) is 0.958. The monoisotopic (exact) mass is 328 g/mol. The van der Waals surface area contributed by atoms with E-state index in [0.717, 1.165) is 6.42 Å². The van der Waals surface area contributed by atoms with Gasteiger partial charge in [0.15, 0.2) is 0 Å². The number of hydrogen-bond acceptors (Lipinski definition) is 2. The first-order valence-electron chi connectivity index (χ1n) is 8.86. The lowest BCUT2D eigenvalue weighted by molar-refractivity contribution is -0.140. The molecule has 1 unspecified atom stereocenters. The topological polar surface area (TPSA) is 18.5 Å². The minimum Gasteiger partial charge on any atom is -0.375 e. The smallest absolute Gasteiger partial charge is 0.142 e. The Kier molecular flexibility index (Phi) is 3.47. The first-order valence-corrected chi connectivity index (χ1v) is 8.86. The van der Waals surface area contributed by atoms with Crippen LogP contribution in [0.2, 0.25) is 0 Å². The van der Waals surface area contributed by atoms with Gasteiger partial charge in [0, 0.05) is 0 Å². The van der Waals surface area contributed by atoms with Crippen LogP contribution in [0.25, 0.3) is 11.1 Å². The molecule has 1 atom stereocenters. The molecule has 0 N–H and O–H groups in total. The fraction of sp³-hybridized carbons (Fsp3) is 0.217. The quantitative estimate of drug-likeness (QED) is 0.537. The molecule has 25 heavy (non-hydrogen) atoms. The molecule has 0 amide bonds. The van der Waals surface area contributed by atoms with Crippen molar-refractivity contribution in [1.29, 1.82) is 0 Å². The first kappa shape index (κ1) is 14.9. The minimum atomic E-state index is -0.521. The lowest BCUT2D eigenvalue weighted by Crippen LogP contribution is -2.42. The zero-order valence-electron chi connectivity index (χ0n) is 14.1. The van der Waals surface area contributed by atoms with E-state index < -0.39 is 5.60 Å². The van der Waals surface area contributed by atoms with Crippen LogP contribution in [0.15, 0.2) is 72.8 Å². The van der Waals surface area contributed by atoms with Crippen LogP contribution in [0.5, 0.6) is 0 Å². The third-order valence-electron chi connectivity index (χ3n) is 5.41. The van der Waals surface area contributed by atoms with E-state index in [9.17, 15) is 0 Å². The average Bonchev–Trinajstić information content (AvgIpc) is 3.08. The highest BCUT2D eigenvalue weighted by molar-refractivity contribution is 5.78. The van der Waals surface area contributed by atoms with Gasteiger partial charge < -0.3 is 9.47 Å². The van der Waals surface area contributed by atoms with E-state index in [1.54, 1.807) is 0 Å². The van der Waals surface area contributed by atoms with Gasteiger partial charge in [-0.3, -0.25) is 0 Å². The Labute approximate surface area is 148 Å². The molecule has 1 heterocycles. The van der Waals surface area contributed by atoms with E-state index in [0.29, 0.717) is 19.8 Å². The molecule has 1 aliphatic heterocycles. The van der Waals surface area contributed by atoms with Crippen molar-refractivity contribution in [3.05, 3.63) is 95.1 Å². The Morgan fingerprint density at radius 3 is 2.36 bits per heavy atom. The fourth-order valence-electron chi connectivity index (χ4n) is 4.25. The molecule has 1 fully saturated rings. The third kappa shape index (κ3) is 2.25. The highest BCUT2D eigenvalue weighted by atomic mass is 16.6. The highest BCUT2D eigenvalue weighted by Gasteiger charge is 2.41. The SMILES string of the molecule is c1ccc(C2(c3cccc4c3Cc3ccccc3-4)COCCO2)cc1. The summed E-state index contributed by atoms with van der Waals surface area (Å²) in [6.45, 7) is 1.83. The Bertz CT molecular complexity index is 908. The van der Waals surface area contributed by atoms with Crippen LogP contribution >= 0.6 is 0 Å². The van der Waals surface area contributed by atoms with E-state index in [4.69, 9.17) is 9.47 Å². The van der Waals surface area contributed by atoms with Gasteiger partial charge in [0.2, 0.25) is 0 Å². The molecule has 2 heteroatoms. The summed E-state index contributed by atoms with van der Waals surface area (Å²) in [4.78, 5) is 0. The number of rotatable bonds is 2. The van der Waals surface area contributed by atoms with Crippen LogP contribution in [0.1, 0.15) is 22.3 Å². The van der Waals surface area contributed by atoms with Crippen LogP contribution in [0.4, 0.5) is 0 Å². The maximum atomic E-state index is 6.44. The Hall–Kier alpha value is -2.42. The van der Waals surface area contributed by atoms with Gasteiger partial charge in [-0.15, -0.1) is 0 Å². The van der Waals surface area contributed by atoms with Gasteiger partial charge in [0.25, 0.3) is 0 Å². The molecule has 1 saturated heterocycles. The van der Waals surface area contributed by atoms with Gasteiger partial charge in [-0.05, 0) is 39.8 Å². The van der Waals surface area contributed by atoms with Crippen LogP contribution < -0.4 is 0 Å². The van der Waals surface area contributed by atoms with E-state index in [1.165, 1.54) is 33.4 Å². The molecule has 0 saturated carbocycles. The van der Waals surface area contributed by atoms with Crippen molar-refractivity contribution in [2.24, 2.45) is 0 Å². The Balaban J connectivity index is 1.72. The van der Waals surface area contributed by atoms with Gasteiger partial charge in [-0.1, -0.05) is 72.8 Å². The van der Waals surface area contributed by atoms with Gasteiger partial charge in [-0.2, -0.15) is 0 Å². The van der Waals surface area contributed by atoms with E-state index in [1.807, 2.05) is 6.07 Å². The summed E-state index contributed by atoms with van der Waals surface area (Å²) < 4.78 is 12.3. The summed E-state index contributed by atoms with van der Waals surface area (Å²) in [5, 5.41) is 0. The lowest BCUT2D eigenvalue weighted by Gasteiger charge is -2.39. The summed E-state index contributed by atoms with van der Waals surface area (Å²) in [7, 11) is 0. The third-order valence-corrected chi connectivity index (χ3v) is 5.41. The molecule has 0 radical (unpaired) electrons. The van der Waals surface area contributed by atoms with Gasteiger partial charge in [-0.25, -0.2) is 0 Å². The molecule has 3 aromatic carbocycles. The second-order valence-electron chi connectivity index (χ2n) is 6.76. The molecule has 2 aliphatic rings. The van der Waals surface area contributed by atoms with Crippen molar-refractivity contribution in [1.82, 2.24) is 0 Å². The summed E-state index contributed by atoms with van der Waals surface area (Å²) in [5.74, 6) is 0. The summed E-state index contributed by atoms with van der Waals surface area (Å²) in [5.41, 5.74) is 7.33. The minimum absolute atomic E-state index is 0.521. The van der Waals surface area contributed by atoms with Crippen molar-refractivity contribution in [2.75, 3.05) is 19.8 Å². The molecular weight excluding hydrogens is 308 g/mol. The number of fused-ring (bicyclic) bond motifs is 3. The average molecular weight is 328 g/mol. The zero-order chi connectivity index (χ0) is 16.7. The van der Waals surface area contributed by atoms with Gasteiger partial charge in [0.1, 0.15) is 5.60 Å². The van der Waals surface area contributed by atoms with Gasteiger partial charge in [0.05, 0.1) is 19.8 Å². The van der Waals surface area contributed by atoms with Crippen LogP contribution in [0.3, 0.4) is 0 Å². The normalized spacial score (nSPS) is 21.6. The Morgan fingerprint density at radius 2 is 1.52 bits per heavy atom.